The summed E-state index contributed by atoms with van der Waals surface area (Å²) in [7, 11) is 0. The molecule has 4 heterocycles. The molecule has 4 saturated heterocycles. The SMILES string of the molecule is C1CCN(C2CCN([N+]3(N4CCCCC4)CCCCC3)CC2)CC1. The summed E-state index contributed by atoms with van der Waals surface area (Å²) in [6.07, 6.45) is 15.8. The lowest BCUT2D eigenvalue weighted by atomic mass is 10.00. The van der Waals surface area contributed by atoms with Crippen LogP contribution < -0.4 is 0 Å². The van der Waals surface area contributed by atoms with Crippen molar-refractivity contribution in [1.82, 2.24) is 14.9 Å². The van der Waals surface area contributed by atoms with Gasteiger partial charge in [0.15, 0.2) is 0 Å². The Labute approximate surface area is 149 Å². The van der Waals surface area contributed by atoms with Crippen molar-refractivity contribution in [2.24, 2.45) is 0 Å². The average Bonchev–Trinajstić information content (AvgIpc) is 2.70. The van der Waals surface area contributed by atoms with Crippen molar-refractivity contribution in [3.05, 3.63) is 0 Å². The highest BCUT2D eigenvalue weighted by atomic mass is 16.0. The first-order valence-electron chi connectivity index (χ1n) is 11.0. The van der Waals surface area contributed by atoms with E-state index in [2.05, 4.69) is 14.9 Å². The number of likely N-dealkylation sites (tertiary alicyclic amines) is 1. The first kappa shape index (κ1) is 17.3. The molecule has 0 atom stereocenters. The summed E-state index contributed by atoms with van der Waals surface area (Å²) in [6, 6.07) is 0.882. The summed E-state index contributed by atoms with van der Waals surface area (Å²) in [5.41, 5.74) is 0. The van der Waals surface area contributed by atoms with Gasteiger partial charge in [-0.3, -0.25) is 0 Å². The van der Waals surface area contributed by atoms with Crippen molar-refractivity contribution in [3.8, 4) is 0 Å². The molecule has 0 spiro atoms. The quantitative estimate of drug-likeness (QED) is 0.733. The Bertz CT molecular complexity index is 373. The topological polar surface area (TPSA) is 9.72 Å². The maximum Gasteiger partial charge on any atom is 0.115 e. The Morgan fingerprint density at radius 1 is 0.500 bits per heavy atom. The summed E-state index contributed by atoms with van der Waals surface area (Å²) in [5.74, 6) is 0. The van der Waals surface area contributed by atoms with E-state index in [1.54, 1.807) is 0 Å². The van der Waals surface area contributed by atoms with Crippen molar-refractivity contribution < 1.29 is 4.70 Å². The highest BCUT2D eigenvalue weighted by Gasteiger charge is 2.45. The van der Waals surface area contributed by atoms with Gasteiger partial charge < -0.3 is 4.90 Å². The maximum absolute atomic E-state index is 2.89. The standard InChI is InChI=1S/C20H39N4/c1-4-12-21(13-5-1)20-10-16-23(17-11-20)24(18-8-3-9-19-24)22-14-6-2-7-15-22/h20H,1-19H2/q+1. The van der Waals surface area contributed by atoms with Crippen LogP contribution in [0, 0.1) is 0 Å². The average molecular weight is 336 g/mol. The second-order valence-electron chi connectivity index (χ2n) is 8.68. The molecule has 24 heavy (non-hydrogen) atoms. The fourth-order valence-electron chi connectivity index (χ4n) is 5.89. The third kappa shape index (κ3) is 3.53. The largest absolute Gasteiger partial charge is 0.300 e. The summed E-state index contributed by atoms with van der Waals surface area (Å²) in [4.78, 5) is 2.82. The molecule has 4 aliphatic heterocycles. The minimum absolute atomic E-state index is 0.882. The smallest absolute Gasteiger partial charge is 0.115 e. The zero-order valence-electron chi connectivity index (χ0n) is 15.8. The van der Waals surface area contributed by atoms with E-state index in [1.807, 2.05) is 0 Å². The summed E-state index contributed by atoms with van der Waals surface area (Å²) in [5, 5.41) is 5.76. The molecule has 4 fully saturated rings. The summed E-state index contributed by atoms with van der Waals surface area (Å²) in [6.45, 7) is 10.9. The Balaban J connectivity index is 1.40. The van der Waals surface area contributed by atoms with Gasteiger partial charge in [-0.05, 0) is 58.0 Å². The van der Waals surface area contributed by atoms with Gasteiger partial charge in [-0.15, -0.1) is 10.0 Å². The first-order valence-corrected chi connectivity index (χ1v) is 11.0. The molecule has 0 N–H and O–H groups in total. The van der Waals surface area contributed by atoms with Crippen LogP contribution in [-0.4, -0.2) is 78.0 Å². The number of piperidine rings is 4. The highest BCUT2D eigenvalue weighted by Crippen LogP contribution is 2.32. The highest BCUT2D eigenvalue weighted by molar-refractivity contribution is 4.80. The third-order valence-corrected chi connectivity index (χ3v) is 7.27. The van der Waals surface area contributed by atoms with E-state index in [0.717, 1.165) is 6.04 Å². The molecule has 0 radical (unpaired) electrons. The van der Waals surface area contributed by atoms with Crippen LogP contribution in [-0.2, 0) is 0 Å². The van der Waals surface area contributed by atoms with Gasteiger partial charge in [0.2, 0.25) is 0 Å². The van der Waals surface area contributed by atoms with Crippen molar-refractivity contribution >= 4 is 0 Å². The van der Waals surface area contributed by atoms with Gasteiger partial charge in [0, 0.05) is 32.0 Å². The molecule has 4 heteroatoms. The van der Waals surface area contributed by atoms with Gasteiger partial charge in [0.1, 0.15) is 13.1 Å². The maximum atomic E-state index is 2.89. The van der Waals surface area contributed by atoms with Gasteiger partial charge in [0.05, 0.1) is 13.1 Å². The van der Waals surface area contributed by atoms with Gasteiger partial charge in [-0.1, -0.05) is 12.8 Å². The summed E-state index contributed by atoms with van der Waals surface area (Å²) < 4.78 is 1.24. The molecule has 0 aromatic carbocycles. The van der Waals surface area contributed by atoms with Crippen LogP contribution >= 0.6 is 0 Å². The van der Waals surface area contributed by atoms with E-state index in [1.165, 1.54) is 128 Å². The molecule has 0 bridgehead atoms. The van der Waals surface area contributed by atoms with Crippen LogP contribution in [0.15, 0.2) is 0 Å². The Hall–Kier alpha value is -0.160. The number of quaternary nitrogens is 1. The van der Waals surface area contributed by atoms with E-state index in [4.69, 9.17) is 0 Å². The molecule has 138 valence electrons. The predicted molar refractivity (Wildman–Crippen MR) is 99.3 cm³/mol. The number of hydrogen-bond donors (Lipinski definition) is 0. The molecule has 0 aliphatic carbocycles. The molecule has 0 unspecified atom stereocenters. The molecule has 4 aliphatic rings. The second kappa shape index (κ2) is 8.03. The van der Waals surface area contributed by atoms with Crippen LogP contribution in [0.4, 0.5) is 0 Å². The number of hydrogen-bond acceptors (Lipinski definition) is 3. The molecular formula is C20H39N4+. The molecule has 0 amide bonds. The molecule has 0 aromatic heterocycles. The van der Waals surface area contributed by atoms with Gasteiger partial charge in [0.25, 0.3) is 0 Å². The Kier molecular flexibility index (Phi) is 5.77. The van der Waals surface area contributed by atoms with E-state index >= 15 is 0 Å². The second-order valence-corrected chi connectivity index (χ2v) is 8.68. The lowest BCUT2D eigenvalue weighted by Crippen LogP contribution is -2.72. The predicted octanol–water partition coefficient (Wildman–Crippen LogP) is 3.25. The fraction of sp³-hybridized carbons (Fsp3) is 1.00. The molecular weight excluding hydrogens is 296 g/mol. The summed E-state index contributed by atoms with van der Waals surface area (Å²) >= 11 is 0. The fourth-order valence-corrected chi connectivity index (χ4v) is 5.89. The minimum Gasteiger partial charge on any atom is -0.300 e. The Morgan fingerprint density at radius 3 is 1.62 bits per heavy atom. The Morgan fingerprint density at radius 2 is 1.00 bits per heavy atom. The first-order chi connectivity index (χ1) is 11.9. The van der Waals surface area contributed by atoms with Crippen LogP contribution in [0.25, 0.3) is 0 Å². The van der Waals surface area contributed by atoms with Crippen molar-refractivity contribution in [2.45, 2.75) is 76.7 Å². The van der Waals surface area contributed by atoms with Crippen molar-refractivity contribution in [3.63, 3.8) is 0 Å². The molecule has 4 nitrogen and oxygen atoms in total. The normalized spacial score (nSPS) is 32.0. The third-order valence-electron chi connectivity index (χ3n) is 7.27. The van der Waals surface area contributed by atoms with Gasteiger partial charge in [-0.25, -0.2) is 0 Å². The monoisotopic (exact) mass is 335 g/mol. The van der Waals surface area contributed by atoms with Gasteiger partial charge >= 0.3 is 0 Å². The zero-order chi connectivity index (χ0) is 16.2. The molecule has 0 saturated carbocycles. The van der Waals surface area contributed by atoms with E-state index < -0.39 is 0 Å². The zero-order valence-corrected chi connectivity index (χ0v) is 15.8. The molecule has 4 rings (SSSR count). The number of rotatable bonds is 3. The van der Waals surface area contributed by atoms with E-state index in [9.17, 15) is 0 Å². The van der Waals surface area contributed by atoms with Gasteiger partial charge in [-0.2, -0.15) is 4.70 Å². The lowest BCUT2D eigenvalue weighted by molar-refractivity contribution is -1.13. The van der Waals surface area contributed by atoms with E-state index in [-0.39, 0.29) is 0 Å². The van der Waals surface area contributed by atoms with Crippen LogP contribution in [0.3, 0.4) is 0 Å². The minimum atomic E-state index is 0.882. The van der Waals surface area contributed by atoms with Crippen LogP contribution in [0.2, 0.25) is 0 Å². The van der Waals surface area contributed by atoms with E-state index in [0.29, 0.717) is 0 Å². The van der Waals surface area contributed by atoms with Crippen molar-refractivity contribution in [2.75, 3.05) is 52.4 Å². The van der Waals surface area contributed by atoms with Crippen LogP contribution in [0.5, 0.6) is 0 Å². The molecule has 0 aromatic rings. The number of nitrogens with zero attached hydrogens (tertiary/aromatic N) is 4. The lowest BCUT2D eigenvalue weighted by Gasteiger charge is -2.55. The van der Waals surface area contributed by atoms with Crippen LogP contribution in [0.1, 0.15) is 70.6 Å². The van der Waals surface area contributed by atoms with Crippen molar-refractivity contribution in [1.29, 1.82) is 0 Å².